The quantitative estimate of drug-likeness (QED) is 0.0320. The summed E-state index contributed by atoms with van der Waals surface area (Å²) >= 11 is 0. The zero-order valence-electron chi connectivity index (χ0n) is 57.9. The van der Waals surface area contributed by atoms with Crippen LogP contribution in [-0.4, -0.2) is 47.4 Å². The smallest absolute Gasteiger partial charge is 0.305 e. The van der Waals surface area contributed by atoms with Crippen molar-refractivity contribution in [2.45, 2.75) is 456 Å². The monoisotopic (exact) mass is 1200 g/mol. The molecule has 0 aliphatic carbocycles. The van der Waals surface area contributed by atoms with E-state index in [0.29, 0.717) is 25.9 Å². The lowest BCUT2D eigenvalue weighted by Crippen LogP contribution is -2.45. The van der Waals surface area contributed by atoms with E-state index in [1.807, 2.05) is 0 Å². The maximum absolute atomic E-state index is 12.6. The van der Waals surface area contributed by atoms with E-state index in [4.69, 9.17) is 4.74 Å². The third-order valence-corrected chi connectivity index (χ3v) is 18.5. The molecule has 2 atom stereocenters. The summed E-state index contributed by atoms with van der Waals surface area (Å²) in [5.41, 5.74) is 0. The van der Waals surface area contributed by atoms with Gasteiger partial charge in [-0.25, -0.2) is 0 Å². The van der Waals surface area contributed by atoms with Crippen molar-refractivity contribution in [3.63, 3.8) is 0 Å². The van der Waals surface area contributed by atoms with Crippen LogP contribution in [0.25, 0.3) is 0 Å². The van der Waals surface area contributed by atoms with E-state index in [2.05, 4.69) is 43.5 Å². The lowest BCUT2D eigenvalue weighted by atomic mass is 10.0. The Labute approximate surface area is 532 Å². The summed E-state index contributed by atoms with van der Waals surface area (Å²) in [6.45, 7) is 4.93. The number of aliphatic hydroxyl groups is 2. The molecule has 0 aromatic carbocycles. The normalized spacial score (nSPS) is 12.6. The number of hydrogen-bond acceptors (Lipinski definition) is 5. The molecule has 0 aromatic rings. The molecule has 0 bridgehead atoms. The molecular weight excluding hydrogens is 1040 g/mol. The van der Waals surface area contributed by atoms with Gasteiger partial charge in [-0.3, -0.25) is 9.59 Å². The summed E-state index contributed by atoms with van der Waals surface area (Å²) < 4.78 is 5.48. The van der Waals surface area contributed by atoms with E-state index in [1.165, 1.54) is 360 Å². The molecule has 0 spiro atoms. The maximum atomic E-state index is 12.6. The summed E-state index contributed by atoms with van der Waals surface area (Å²) in [5, 5.41) is 23.5. The van der Waals surface area contributed by atoms with Gasteiger partial charge >= 0.3 is 5.97 Å². The molecule has 0 fully saturated rings. The molecule has 3 N–H and O–H groups in total. The van der Waals surface area contributed by atoms with Gasteiger partial charge in [0.25, 0.3) is 0 Å². The second kappa shape index (κ2) is 74.8. The van der Waals surface area contributed by atoms with Crippen molar-refractivity contribution in [1.29, 1.82) is 0 Å². The van der Waals surface area contributed by atoms with Crippen molar-refractivity contribution < 1.29 is 24.5 Å². The van der Waals surface area contributed by atoms with Crippen molar-refractivity contribution in [3.8, 4) is 0 Å². The van der Waals surface area contributed by atoms with Crippen molar-refractivity contribution in [2.75, 3.05) is 13.2 Å². The lowest BCUT2D eigenvalue weighted by molar-refractivity contribution is -0.143. The van der Waals surface area contributed by atoms with Crippen LogP contribution >= 0.6 is 0 Å². The predicted octanol–water partition coefficient (Wildman–Crippen LogP) is 25.7. The Hall–Kier alpha value is -1.66. The number of amides is 1. The minimum atomic E-state index is -0.662. The molecule has 0 heterocycles. The van der Waals surface area contributed by atoms with E-state index in [-0.39, 0.29) is 18.5 Å². The number of hydrogen-bond donors (Lipinski definition) is 3. The molecular formula is C79H153NO5. The highest BCUT2D eigenvalue weighted by molar-refractivity contribution is 5.76. The van der Waals surface area contributed by atoms with Gasteiger partial charge in [0.15, 0.2) is 0 Å². The van der Waals surface area contributed by atoms with Crippen LogP contribution in [0, 0.1) is 0 Å². The minimum Gasteiger partial charge on any atom is -0.466 e. The van der Waals surface area contributed by atoms with Crippen LogP contribution in [0.4, 0.5) is 0 Å². The summed E-state index contributed by atoms with van der Waals surface area (Å²) in [6, 6.07) is -0.539. The number of carbonyl (C=O) groups is 2. The third-order valence-electron chi connectivity index (χ3n) is 18.5. The van der Waals surface area contributed by atoms with Crippen molar-refractivity contribution in [3.05, 3.63) is 24.3 Å². The second-order valence-electron chi connectivity index (χ2n) is 27.0. The summed E-state index contributed by atoms with van der Waals surface area (Å²) in [5.74, 6) is -0.0176. The number of unbranched alkanes of at least 4 members (excludes halogenated alkanes) is 59. The first kappa shape index (κ1) is 83.3. The SMILES string of the molecule is CCC/C=C\C/C=C\CCCCCCCC(=O)OCCCCCCCCCCCCCCCCCCCCCCCCCCCCCCCCCCCC(=O)NC(CO)C(O)CCCCCCCCCCCCCCCCCCCCCCCC. The molecule has 6 nitrogen and oxygen atoms in total. The van der Waals surface area contributed by atoms with Crippen LogP contribution in [0.15, 0.2) is 24.3 Å². The fraction of sp³-hybridized carbons (Fsp3) is 0.924. The zero-order valence-corrected chi connectivity index (χ0v) is 57.9. The van der Waals surface area contributed by atoms with E-state index >= 15 is 0 Å². The lowest BCUT2D eigenvalue weighted by Gasteiger charge is -2.22. The minimum absolute atomic E-state index is 0.00710. The maximum Gasteiger partial charge on any atom is 0.305 e. The Morgan fingerprint density at radius 2 is 0.612 bits per heavy atom. The predicted molar refractivity (Wildman–Crippen MR) is 375 cm³/mol. The summed E-state index contributed by atoms with van der Waals surface area (Å²) in [7, 11) is 0. The van der Waals surface area contributed by atoms with Crippen LogP contribution in [0.5, 0.6) is 0 Å². The van der Waals surface area contributed by atoms with Gasteiger partial charge in [0.05, 0.1) is 25.4 Å². The second-order valence-corrected chi connectivity index (χ2v) is 27.0. The van der Waals surface area contributed by atoms with Crippen molar-refractivity contribution in [2.24, 2.45) is 0 Å². The molecule has 0 saturated heterocycles. The highest BCUT2D eigenvalue weighted by atomic mass is 16.5. The van der Waals surface area contributed by atoms with Crippen LogP contribution in [0.3, 0.4) is 0 Å². The molecule has 6 heteroatoms. The largest absolute Gasteiger partial charge is 0.466 e. The first-order valence-corrected chi connectivity index (χ1v) is 39.1. The Kier molecular flexibility index (Phi) is 73.3. The molecule has 0 aliphatic heterocycles. The number of esters is 1. The average molecular weight is 1200 g/mol. The highest BCUT2D eigenvalue weighted by Crippen LogP contribution is 2.20. The van der Waals surface area contributed by atoms with Gasteiger partial charge in [-0.05, 0) is 51.4 Å². The molecule has 0 aliphatic rings. The average Bonchev–Trinajstić information content (AvgIpc) is 3.51. The first-order chi connectivity index (χ1) is 42.0. The third kappa shape index (κ3) is 71.3. The van der Waals surface area contributed by atoms with Gasteiger partial charge in [0.1, 0.15) is 0 Å². The van der Waals surface area contributed by atoms with Crippen LogP contribution in [0.1, 0.15) is 444 Å². The Morgan fingerprint density at radius 3 is 0.941 bits per heavy atom. The Balaban J connectivity index is 3.32. The molecule has 0 aromatic heterocycles. The van der Waals surface area contributed by atoms with E-state index < -0.39 is 12.1 Å². The molecule has 2 unspecified atom stereocenters. The number of ether oxygens (including phenoxy) is 1. The highest BCUT2D eigenvalue weighted by Gasteiger charge is 2.20. The van der Waals surface area contributed by atoms with Crippen LogP contribution < -0.4 is 5.32 Å². The Morgan fingerprint density at radius 1 is 0.329 bits per heavy atom. The number of allylic oxidation sites excluding steroid dienone is 4. The van der Waals surface area contributed by atoms with Crippen molar-refractivity contribution >= 4 is 11.9 Å². The van der Waals surface area contributed by atoms with E-state index in [9.17, 15) is 19.8 Å². The topological polar surface area (TPSA) is 95.9 Å². The van der Waals surface area contributed by atoms with Gasteiger partial charge < -0.3 is 20.3 Å². The van der Waals surface area contributed by atoms with Gasteiger partial charge in [0.2, 0.25) is 5.91 Å². The van der Waals surface area contributed by atoms with Gasteiger partial charge in [-0.1, -0.05) is 404 Å². The van der Waals surface area contributed by atoms with Crippen LogP contribution in [0.2, 0.25) is 0 Å². The van der Waals surface area contributed by atoms with E-state index in [0.717, 1.165) is 51.4 Å². The molecule has 85 heavy (non-hydrogen) atoms. The standard InChI is InChI=1S/C79H153NO5/c1-3-5-7-9-11-13-15-17-18-19-20-21-35-38-41-44-48-51-55-59-63-67-71-77(82)76(75-81)80-78(83)72-68-64-60-56-52-49-45-42-39-36-33-31-29-27-25-23-22-24-26-28-30-32-34-37-40-43-46-50-54-58-62-66-70-74-85-79(84)73-69-65-61-57-53-47-16-14-12-10-8-6-4-2/h8,10,14,16,76-77,81-82H,3-7,9,11-13,15,17-75H2,1-2H3,(H,80,83)/b10-8-,16-14-. The number of carbonyl (C=O) groups excluding carboxylic acids is 2. The molecule has 1 amide bonds. The van der Waals surface area contributed by atoms with Gasteiger partial charge in [-0.2, -0.15) is 0 Å². The molecule has 0 radical (unpaired) electrons. The number of rotatable bonds is 74. The summed E-state index contributed by atoms with van der Waals surface area (Å²) in [6.07, 6.45) is 95.6. The molecule has 0 saturated carbocycles. The number of nitrogens with one attached hydrogen (secondary N) is 1. The van der Waals surface area contributed by atoms with Gasteiger partial charge in [0, 0.05) is 12.8 Å². The summed E-state index contributed by atoms with van der Waals surface area (Å²) in [4.78, 5) is 24.6. The first-order valence-electron chi connectivity index (χ1n) is 39.1. The molecule has 0 rings (SSSR count). The fourth-order valence-electron chi connectivity index (χ4n) is 12.6. The zero-order chi connectivity index (χ0) is 61.3. The van der Waals surface area contributed by atoms with Crippen molar-refractivity contribution in [1.82, 2.24) is 5.32 Å². The Bertz CT molecular complexity index is 1330. The fourth-order valence-corrected chi connectivity index (χ4v) is 12.6. The van der Waals surface area contributed by atoms with E-state index in [1.54, 1.807) is 0 Å². The van der Waals surface area contributed by atoms with Crippen LogP contribution in [-0.2, 0) is 14.3 Å². The molecule has 504 valence electrons. The van der Waals surface area contributed by atoms with Gasteiger partial charge in [-0.15, -0.1) is 0 Å². The number of aliphatic hydroxyl groups excluding tert-OH is 2.